The minimum absolute atomic E-state index is 0.0607. The van der Waals surface area contributed by atoms with Crippen LogP contribution in [0.5, 0.6) is 0 Å². The summed E-state index contributed by atoms with van der Waals surface area (Å²) in [5.41, 5.74) is 2.27. The molecule has 0 aliphatic heterocycles. The summed E-state index contributed by atoms with van der Waals surface area (Å²) in [6.45, 7) is 10.9. The molecule has 92 valence electrons. The fourth-order valence-electron chi connectivity index (χ4n) is 2.02. The van der Waals surface area contributed by atoms with Crippen molar-refractivity contribution < 1.29 is 0 Å². The fourth-order valence-corrected chi connectivity index (χ4v) is 2.02. The Bertz CT molecular complexity index is 518. The largest absolute Gasteiger partial charge is 0.382 e. The van der Waals surface area contributed by atoms with Gasteiger partial charge in [-0.1, -0.05) is 0 Å². The number of hydrogen-bond acceptors (Lipinski definition) is 2. The minimum atomic E-state index is 0.0607. The van der Waals surface area contributed by atoms with E-state index in [1.165, 1.54) is 5.39 Å². The number of anilines is 1. The number of fused-ring (bicyclic) bond motifs is 1. The highest BCUT2D eigenvalue weighted by molar-refractivity contribution is 5.89. The van der Waals surface area contributed by atoms with E-state index >= 15 is 0 Å². The van der Waals surface area contributed by atoms with Crippen LogP contribution >= 0.6 is 0 Å². The van der Waals surface area contributed by atoms with Crippen LogP contribution in [0.1, 0.15) is 34.6 Å². The maximum atomic E-state index is 4.50. The van der Waals surface area contributed by atoms with Crippen molar-refractivity contribution in [3.05, 3.63) is 24.5 Å². The Morgan fingerprint density at radius 2 is 1.94 bits per heavy atom. The van der Waals surface area contributed by atoms with Gasteiger partial charge in [-0.25, -0.2) is 4.98 Å². The van der Waals surface area contributed by atoms with Crippen molar-refractivity contribution in [2.45, 2.75) is 46.2 Å². The number of pyridine rings is 1. The summed E-state index contributed by atoms with van der Waals surface area (Å²) < 4.78 is 2.22. The summed E-state index contributed by atoms with van der Waals surface area (Å²) in [5, 5.41) is 4.65. The Morgan fingerprint density at radius 1 is 1.24 bits per heavy atom. The highest BCUT2D eigenvalue weighted by Crippen LogP contribution is 2.27. The molecule has 0 aromatic carbocycles. The van der Waals surface area contributed by atoms with Crippen LogP contribution in [0.25, 0.3) is 11.0 Å². The average Bonchev–Trinajstić information content (AvgIpc) is 2.60. The van der Waals surface area contributed by atoms with Gasteiger partial charge in [0.15, 0.2) is 0 Å². The number of nitrogens with zero attached hydrogens (tertiary/aromatic N) is 2. The molecule has 0 amide bonds. The van der Waals surface area contributed by atoms with E-state index in [9.17, 15) is 0 Å². The Balaban J connectivity index is 2.57. The van der Waals surface area contributed by atoms with Crippen LogP contribution in [-0.4, -0.2) is 15.6 Å². The molecule has 0 saturated carbocycles. The zero-order valence-electron chi connectivity index (χ0n) is 11.3. The third-order valence-electron chi connectivity index (χ3n) is 2.75. The van der Waals surface area contributed by atoms with Crippen molar-refractivity contribution >= 4 is 16.7 Å². The van der Waals surface area contributed by atoms with Gasteiger partial charge in [0, 0.05) is 35.0 Å². The normalized spacial score (nSPS) is 12.4. The summed E-state index contributed by atoms with van der Waals surface area (Å²) in [6.07, 6.45) is 3.98. The second-order valence-electron chi connectivity index (χ2n) is 5.75. The number of nitrogens with one attached hydrogen (secondary N) is 1. The quantitative estimate of drug-likeness (QED) is 0.855. The van der Waals surface area contributed by atoms with Gasteiger partial charge in [0.2, 0.25) is 0 Å². The lowest BCUT2D eigenvalue weighted by Crippen LogP contribution is -2.21. The molecule has 2 rings (SSSR count). The van der Waals surface area contributed by atoms with E-state index in [1.807, 2.05) is 12.3 Å². The van der Waals surface area contributed by atoms with E-state index in [4.69, 9.17) is 0 Å². The van der Waals surface area contributed by atoms with Gasteiger partial charge >= 0.3 is 0 Å². The van der Waals surface area contributed by atoms with Gasteiger partial charge in [0.1, 0.15) is 5.65 Å². The monoisotopic (exact) mass is 231 g/mol. The van der Waals surface area contributed by atoms with Crippen LogP contribution < -0.4 is 5.32 Å². The predicted octanol–water partition coefficient (Wildman–Crippen LogP) is 3.61. The van der Waals surface area contributed by atoms with Crippen LogP contribution in [0, 0.1) is 0 Å². The summed E-state index contributed by atoms with van der Waals surface area (Å²) >= 11 is 0. The Labute approximate surface area is 103 Å². The average molecular weight is 231 g/mol. The lowest BCUT2D eigenvalue weighted by Gasteiger charge is -2.22. The van der Waals surface area contributed by atoms with E-state index in [2.05, 4.69) is 61.7 Å². The smallest absolute Gasteiger partial charge is 0.142 e. The first-order chi connectivity index (χ1) is 7.89. The molecule has 0 saturated heterocycles. The van der Waals surface area contributed by atoms with E-state index < -0.39 is 0 Å². The van der Waals surface area contributed by atoms with Crippen molar-refractivity contribution in [3.63, 3.8) is 0 Å². The number of hydrogen-bond donors (Lipinski definition) is 1. The molecule has 0 bridgehead atoms. The zero-order valence-corrected chi connectivity index (χ0v) is 11.3. The molecule has 2 aromatic heterocycles. The van der Waals surface area contributed by atoms with Gasteiger partial charge < -0.3 is 9.88 Å². The van der Waals surface area contributed by atoms with Crippen molar-refractivity contribution in [1.82, 2.24) is 9.55 Å². The summed E-state index contributed by atoms with van der Waals surface area (Å²) in [6, 6.07) is 4.60. The third-order valence-corrected chi connectivity index (χ3v) is 2.75. The molecule has 0 radical (unpaired) electrons. The molecule has 2 aromatic rings. The van der Waals surface area contributed by atoms with Crippen LogP contribution in [-0.2, 0) is 5.54 Å². The Kier molecular flexibility index (Phi) is 2.86. The van der Waals surface area contributed by atoms with Crippen molar-refractivity contribution in [2.24, 2.45) is 0 Å². The molecule has 0 spiro atoms. The molecule has 0 fully saturated rings. The maximum absolute atomic E-state index is 4.50. The number of rotatable bonds is 2. The lowest BCUT2D eigenvalue weighted by molar-refractivity contribution is 0.408. The van der Waals surface area contributed by atoms with Crippen LogP contribution in [0.15, 0.2) is 24.5 Å². The van der Waals surface area contributed by atoms with Crippen LogP contribution in [0.4, 0.5) is 5.69 Å². The van der Waals surface area contributed by atoms with Gasteiger partial charge in [0.05, 0.1) is 0 Å². The third kappa shape index (κ3) is 2.28. The van der Waals surface area contributed by atoms with Crippen molar-refractivity contribution in [2.75, 3.05) is 5.32 Å². The molecule has 17 heavy (non-hydrogen) atoms. The van der Waals surface area contributed by atoms with Crippen LogP contribution in [0.2, 0.25) is 0 Å². The molecule has 0 aliphatic carbocycles. The second-order valence-corrected chi connectivity index (χ2v) is 5.75. The molecule has 1 N–H and O–H groups in total. The molecular weight excluding hydrogens is 210 g/mol. The SMILES string of the molecule is CC(C)Nc1ccnc2c1ccn2C(C)(C)C. The Morgan fingerprint density at radius 3 is 2.53 bits per heavy atom. The maximum Gasteiger partial charge on any atom is 0.142 e. The van der Waals surface area contributed by atoms with Gasteiger partial charge in [-0.2, -0.15) is 0 Å². The highest BCUT2D eigenvalue weighted by Gasteiger charge is 2.17. The van der Waals surface area contributed by atoms with Gasteiger partial charge in [0.25, 0.3) is 0 Å². The summed E-state index contributed by atoms with van der Waals surface area (Å²) in [7, 11) is 0. The van der Waals surface area contributed by atoms with E-state index in [-0.39, 0.29) is 5.54 Å². The highest BCUT2D eigenvalue weighted by atomic mass is 15.1. The molecular formula is C14H21N3. The first-order valence-electron chi connectivity index (χ1n) is 6.12. The number of aromatic nitrogens is 2. The topological polar surface area (TPSA) is 29.9 Å². The van der Waals surface area contributed by atoms with Crippen molar-refractivity contribution in [3.8, 4) is 0 Å². The van der Waals surface area contributed by atoms with Gasteiger partial charge in [-0.3, -0.25) is 0 Å². The fraction of sp³-hybridized carbons (Fsp3) is 0.500. The first-order valence-corrected chi connectivity index (χ1v) is 6.12. The molecule has 0 atom stereocenters. The second kappa shape index (κ2) is 4.06. The van der Waals surface area contributed by atoms with Crippen molar-refractivity contribution in [1.29, 1.82) is 0 Å². The van der Waals surface area contributed by atoms with Crippen LogP contribution in [0.3, 0.4) is 0 Å². The zero-order chi connectivity index (χ0) is 12.6. The van der Waals surface area contributed by atoms with E-state index in [0.717, 1.165) is 11.3 Å². The van der Waals surface area contributed by atoms with E-state index in [0.29, 0.717) is 6.04 Å². The van der Waals surface area contributed by atoms with Gasteiger partial charge in [-0.05, 0) is 46.8 Å². The molecule has 3 nitrogen and oxygen atoms in total. The minimum Gasteiger partial charge on any atom is -0.382 e. The predicted molar refractivity (Wildman–Crippen MR) is 73.5 cm³/mol. The molecule has 0 unspecified atom stereocenters. The summed E-state index contributed by atoms with van der Waals surface area (Å²) in [4.78, 5) is 4.50. The standard InChI is InChI=1S/C14H21N3/c1-10(2)16-12-6-8-15-13-11(12)7-9-17(13)14(3,4)5/h6-10H,1-5H3,(H,15,16). The Hall–Kier alpha value is -1.51. The first kappa shape index (κ1) is 12.0. The summed E-state index contributed by atoms with van der Waals surface area (Å²) in [5.74, 6) is 0. The molecule has 0 aliphatic rings. The lowest BCUT2D eigenvalue weighted by atomic mass is 10.1. The molecule has 2 heterocycles. The van der Waals surface area contributed by atoms with Gasteiger partial charge in [-0.15, -0.1) is 0 Å². The molecule has 3 heteroatoms. The van der Waals surface area contributed by atoms with E-state index in [1.54, 1.807) is 0 Å².